The number of fused-ring (bicyclic) bond motifs is 3. The highest BCUT2D eigenvalue weighted by atomic mass is 35.5. The molecule has 4 atom stereocenters. The van der Waals surface area contributed by atoms with Crippen LogP contribution in [0.3, 0.4) is 0 Å². The van der Waals surface area contributed by atoms with Crippen LogP contribution in [0.15, 0.2) is 52.0 Å². The summed E-state index contributed by atoms with van der Waals surface area (Å²) in [4.78, 5) is 36.4. The number of furan rings is 1. The maximum absolute atomic E-state index is 12.9. The van der Waals surface area contributed by atoms with E-state index in [1.807, 2.05) is 0 Å². The second-order valence-electron chi connectivity index (χ2n) is 8.58. The largest absolute Gasteiger partial charge is 0.455 e. The summed E-state index contributed by atoms with van der Waals surface area (Å²) in [6.07, 6.45) is 7.70. The van der Waals surface area contributed by atoms with Gasteiger partial charge in [-0.05, 0) is 48.3 Å². The zero-order chi connectivity index (χ0) is 21.5. The van der Waals surface area contributed by atoms with Crippen molar-refractivity contribution in [3.05, 3.63) is 63.4 Å². The van der Waals surface area contributed by atoms with E-state index in [0.717, 1.165) is 17.9 Å². The average molecular weight is 438 g/mol. The molecule has 1 spiro atoms. The van der Waals surface area contributed by atoms with Gasteiger partial charge >= 0.3 is 0 Å². The molecule has 156 valence electrons. The minimum Gasteiger partial charge on any atom is -0.455 e. The molecule has 4 aliphatic rings. The lowest BCUT2D eigenvalue weighted by molar-refractivity contribution is -0.384. The van der Waals surface area contributed by atoms with E-state index in [2.05, 4.69) is 17.3 Å². The van der Waals surface area contributed by atoms with Gasteiger partial charge in [0, 0.05) is 17.7 Å². The number of imide groups is 1. The molecule has 1 saturated heterocycles. The number of allylic oxidation sites excluding steroid dienone is 2. The highest BCUT2D eigenvalue weighted by Gasteiger charge is 2.73. The van der Waals surface area contributed by atoms with Crippen molar-refractivity contribution in [3.63, 3.8) is 0 Å². The third-order valence-electron chi connectivity index (χ3n) is 7.18. The molecular weight excluding hydrogens is 422 g/mol. The van der Waals surface area contributed by atoms with Crippen LogP contribution in [0.2, 0.25) is 5.02 Å². The van der Waals surface area contributed by atoms with Gasteiger partial charge in [0.1, 0.15) is 11.5 Å². The van der Waals surface area contributed by atoms with E-state index in [0.29, 0.717) is 22.1 Å². The SMILES string of the molecule is O=C1[C@@H]2[C@@H](C(=O)N1/N=C\c1ccc(-c3cc([N+](=O)[O-])ccc3Cl)o1)[C@H]1C=C[C@H]2C12CC2. The first-order chi connectivity index (χ1) is 14.9. The summed E-state index contributed by atoms with van der Waals surface area (Å²) >= 11 is 6.16. The van der Waals surface area contributed by atoms with Crippen molar-refractivity contribution in [1.82, 2.24) is 5.01 Å². The molecule has 2 aromatic rings. The normalized spacial score (nSPS) is 29.5. The van der Waals surface area contributed by atoms with E-state index < -0.39 is 4.92 Å². The van der Waals surface area contributed by atoms with Crippen LogP contribution in [0, 0.1) is 39.2 Å². The Bertz CT molecular complexity index is 1190. The van der Waals surface area contributed by atoms with Gasteiger partial charge in [0.25, 0.3) is 17.5 Å². The molecule has 3 fully saturated rings. The van der Waals surface area contributed by atoms with E-state index in [9.17, 15) is 19.7 Å². The summed E-state index contributed by atoms with van der Waals surface area (Å²) in [6.45, 7) is 0. The molecule has 0 unspecified atom stereocenters. The lowest BCUT2D eigenvalue weighted by atomic mass is 9.85. The van der Waals surface area contributed by atoms with Crippen molar-refractivity contribution in [2.24, 2.45) is 34.2 Å². The van der Waals surface area contributed by atoms with Crippen molar-refractivity contribution in [1.29, 1.82) is 0 Å². The molecule has 0 radical (unpaired) electrons. The highest BCUT2D eigenvalue weighted by Crippen LogP contribution is 2.73. The molecule has 0 N–H and O–H groups in total. The van der Waals surface area contributed by atoms with Crippen LogP contribution in [0.4, 0.5) is 5.69 Å². The zero-order valence-corrected chi connectivity index (χ0v) is 16.9. The molecule has 1 aromatic carbocycles. The summed E-state index contributed by atoms with van der Waals surface area (Å²) in [5, 5.41) is 16.4. The molecule has 8 nitrogen and oxygen atoms in total. The molecular formula is C22H16ClN3O5. The molecule has 2 bridgehead atoms. The predicted octanol–water partition coefficient (Wildman–Crippen LogP) is 4.04. The van der Waals surface area contributed by atoms with Gasteiger partial charge in [-0.3, -0.25) is 19.7 Å². The van der Waals surface area contributed by atoms with Gasteiger partial charge in [-0.25, -0.2) is 0 Å². The molecule has 1 aliphatic heterocycles. The summed E-state index contributed by atoms with van der Waals surface area (Å²) < 4.78 is 5.69. The number of nitrogens with zero attached hydrogens (tertiary/aromatic N) is 3. The van der Waals surface area contributed by atoms with Crippen molar-refractivity contribution in [2.45, 2.75) is 12.8 Å². The van der Waals surface area contributed by atoms with Gasteiger partial charge in [0.2, 0.25) is 0 Å². The fraction of sp³-hybridized carbons (Fsp3) is 0.318. The Morgan fingerprint density at radius 3 is 2.42 bits per heavy atom. The lowest BCUT2D eigenvalue weighted by Gasteiger charge is -2.18. The number of hydrogen-bond donors (Lipinski definition) is 0. The third-order valence-corrected chi connectivity index (χ3v) is 7.51. The zero-order valence-electron chi connectivity index (χ0n) is 16.1. The van der Waals surface area contributed by atoms with Gasteiger partial charge in [-0.1, -0.05) is 23.8 Å². The van der Waals surface area contributed by atoms with E-state index >= 15 is 0 Å². The topological polar surface area (TPSA) is 106 Å². The lowest BCUT2D eigenvalue weighted by Crippen LogP contribution is -2.30. The van der Waals surface area contributed by atoms with Crippen LogP contribution in [0.1, 0.15) is 18.6 Å². The average Bonchev–Trinajstić information content (AvgIpc) is 3.03. The second kappa shape index (κ2) is 6.13. The number of amides is 2. The molecule has 2 heterocycles. The van der Waals surface area contributed by atoms with Crippen LogP contribution < -0.4 is 0 Å². The summed E-state index contributed by atoms with van der Waals surface area (Å²) in [5.74, 6) is -0.198. The standard InChI is InChI=1S/C22H16ClN3O5/c23-16-5-1-11(26(29)30)9-13(16)17-6-2-12(31-17)10-24-25-20(27)18-14-3-4-15(19(18)21(25)28)22(14)7-8-22/h1-6,9-10,14-15,18-19H,7-8H2/b24-10-/t14-,15-,18+,19+/m1/s1. The van der Waals surface area contributed by atoms with Gasteiger partial charge in [-0.15, -0.1) is 0 Å². The molecule has 2 saturated carbocycles. The highest BCUT2D eigenvalue weighted by molar-refractivity contribution is 6.33. The number of benzene rings is 1. The Labute approximate surface area is 181 Å². The van der Waals surface area contributed by atoms with Crippen molar-refractivity contribution in [2.75, 3.05) is 0 Å². The fourth-order valence-corrected chi connectivity index (χ4v) is 5.88. The first-order valence-corrected chi connectivity index (χ1v) is 10.4. The molecule has 2 amide bonds. The number of carbonyl (C=O) groups excluding carboxylic acids is 2. The fourth-order valence-electron chi connectivity index (χ4n) is 5.67. The first kappa shape index (κ1) is 18.5. The summed E-state index contributed by atoms with van der Waals surface area (Å²) in [6, 6.07) is 7.28. The smallest absolute Gasteiger partial charge is 0.270 e. The number of nitro benzene ring substituents is 1. The minimum absolute atomic E-state index is 0.109. The number of carbonyl (C=O) groups is 2. The van der Waals surface area contributed by atoms with Crippen LogP contribution in [0.5, 0.6) is 0 Å². The predicted molar refractivity (Wildman–Crippen MR) is 110 cm³/mol. The van der Waals surface area contributed by atoms with Crippen LogP contribution in [-0.2, 0) is 9.59 Å². The quantitative estimate of drug-likeness (QED) is 0.236. The second-order valence-corrected chi connectivity index (χ2v) is 8.98. The van der Waals surface area contributed by atoms with Gasteiger partial charge in [-0.2, -0.15) is 10.1 Å². The Hall–Kier alpha value is -3.26. The third kappa shape index (κ3) is 2.45. The maximum atomic E-state index is 12.9. The number of hydrazone groups is 1. The number of nitro groups is 1. The Kier molecular flexibility index (Phi) is 3.66. The first-order valence-electron chi connectivity index (χ1n) is 10.0. The van der Waals surface area contributed by atoms with E-state index in [1.165, 1.54) is 24.4 Å². The molecule has 9 heteroatoms. The maximum Gasteiger partial charge on any atom is 0.270 e. The monoisotopic (exact) mass is 437 g/mol. The molecule has 1 aromatic heterocycles. The van der Waals surface area contributed by atoms with Crippen molar-refractivity contribution in [3.8, 4) is 11.3 Å². The number of non-ortho nitro benzene ring substituents is 1. The number of hydrogen-bond acceptors (Lipinski definition) is 6. The molecule has 3 aliphatic carbocycles. The molecule has 6 rings (SSSR count). The van der Waals surface area contributed by atoms with Crippen LogP contribution >= 0.6 is 11.6 Å². The van der Waals surface area contributed by atoms with Crippen molar-refractivity contribution >= 4 is 35.3 Å². The number of halogens is 1. The van der Waals surface area contributed by atoms with E-state index in [4.69, 9.17) is 16.0 Å². The van der Waals surface area contributed by atoms with E-state index in [-0.39, 0.29) is 46.6 Å². The Balaban J connectivity index is 1.24. The summed E-state index contributed by atoms with van der Waals surface area (Å²) in [5.41, 5.74) is 0.405. The van der Waals surface area contributed by atoms with Gasteiger partial charge in [0.05, 0.1) is 28.0 Å². The Morgan fingerprint density at radius 2 is 1.81 bits per heavy atom. The minimum atomic E-state index is -0.514. The van der Waals surface area contributed by atoms with Crippen LogP contribution in [-0.4, -0.2) is 28.0 Å². The number of rotatable bonds is 4. The van der Waals surface area contributed by atoms with Gasteiger partial charge < -0.3 is 4.42 Å². The summed E-state index contributed by atoms with van der Waals surface area (Å²) in [7, 11) is 0. The Morgan fingerprint density at radius 1 is 1.13 bits per heavy atom. The molecule has 31 heavy (non-hydrogen) atoms. The van der Waals surface area contributed by atoms with Crippen LogP contribution in [0.25, 0.3) is 11.3 Å². The van der Waals surface area contributed by atoms with Gasteiger partial charge in [0.15, 0.2) is 0 Å². The van der Waals surface area contributed by atoms with E-state index in [1.54, 1.807) is 12.1 Å². The van der Waals surface area contributed by atoms with Crippen molar-refractivity contribution < 1.29 is 18.9 Å².